The molecule has 1 saturated heterocycles. The molecule has 0 spiro atoms. The SMILES string of the molecule is Cc1cc(C(=O)Cc2cc3nc(-c4cnn(C)c4)ccc3cn2)cc(N2CCN(C)CC2)n1. The first-order chi connectivity index (χ1) is 15.9. The highest BCUT2D eigenvalue weighted by atomic mass is 16.1. The number of aromatic nitrogens is 5. The van der Waals surface area contributed by atoms with Gasteiger partial charge in [-0.1, -0.05) is 0 Å². The highest BCUT2D eigenvalue weighted by Gasteiger charge is 2.18. The minimum atomic E-state index is 0.0335. The molecule has 8 heteroatoms. The van der Waals surface area contributed by atoms with Crippen molar-refractivity contribution in [1.82, 2.24) is 29.6 Å². The molecule has 8 nitrogen and oxygen atoms in total. The molecule has 0 aliphatic carbocycles. The number of hydrogen-bond donors (Lipinski definition) is 0. The van der Waals surface area contributed by atoms with Gasteiger partial charge in [0.15, 0.2) is 5.78 Å². The minimum absolute atomic E-state index is 0.0335. The Morgan fingerprint density at radius 3 is 2.58 bits per heavy atom. The molecule has 0 atom stereocenters. The van der Waals surface area contributed by atoms with Crippen molar-refractivity contribution < 1.29 is 4.79 Å². The molecular weight excluding hydrogens is 414 g/mol. The van der Waals surface area contributed by atoms with E-state index in [1.807, 2.05) is 50.5 Å². The Balaban J connectivity index is 1.38. The van der Waals surface area contributed by atoms with Crippen LogP contribution < -0.4 is 4.90 Å². The second kappa shape index (κ2) is 8.71. The van der Waals surface area contributed by atoms with Crippen molar-refractivity contribution in [2.45, 2.75) is 13.3 Å². The van der Waals surface area contributed by atoms with Crippen LogP contribution in [0.5, 0.6) is 0 Å². The lowest BCUT2D eigenvalue weighted by molar-refractivity contribution is 0.0992. The molecule has 0 unspecified atom stereocenters. The molecule has 4 aromatic heterocycles. The quantitative estimate of drug-likeness (QED) is 0.441. The number of carbonyl (C=O) groups is 1. The topological polar surface area (TPSA) is 80.0 Å². The molecule has 1 aliphatic rings. The molecule has 0 saturated carbocycles. The van der Waals surface area contributed by atoms with Crippen LogP contribution in [0.4, 0.5) is 5.82 Å². The van der Waals surface area contributed by atoms with Crippen molar-refractivity contribution in [3.63, 3.8) is 0 Å². The molecule has 33 heavy (non-hydrogen) atoms. The zero-order chi connectivity index (χ0) is 22.9. The van der Waals surface area contributed by atoms with Gasteiger partial charge in [-0.2, -0.15) is 5.10 Å². The molecule has 0 aromatic carbocycles. The summed E-state index contributed by atoms with van der Waals surface area (Å²) in [5, 5.41) is 5.16. The number of carbonyl (C=O) groups excluding carboxylic acids is 1. The highest BCUT2D eigenvalue weighted by Crippen LogP contribution is 2.22. The summed E-state index contributed by atoms with van der Waals surface area (Å²) in [4.78, 5) is 31.7. The van der Waals surface area contributed by atoms with E-state index < -0.39 is 0 Å². The normalized spacial score (nSPS) is 14.7. The summed E-state index contributed by atoms with van der Waals surface area (Å²) in [6.45, 7) is 5.76. The van der Waals surface area contributed by atoms with E-state index in [1.54, 1.807) is 17.1 Å². The van der Waals surface area contributed by atoms with Crippen LogP contribution in [0, 0.1) is 6.92 Å². The van der Waals surface area contributed by atoms with E-state index in [0.717, 1.165) is 59.9 Å². The molecule has 4 aromatic rings. The number of Topliss-reactive ketones (excluding diaryl/α,β-unsaturated/α-hetero) is 1. The summed E-state index contributed by atoms with van der Waals surface area (Å²) in [5.74, 6) is 0.909. The number of anilines is 1. The van der Waals surface area contributed by atoms with E-state index in [9.17, 15) is 4.79 Å². The van der Waals surface area contributed by atoms with E-state index in [0.29, 0.717) is 11.3 Å². The number of fused-ring (bicyclic) bond motifs is 1. The fourth-order valence-corrected chi connectivity index (χ4v) is 4.15. The van der Waals surface area contributed by atoms with Gasteiger partial charge in [0.05, 0.1) is 29.5 Å². The molecule has 0 N–H and O–H groups in total. The van der Waals surface area contributed by atoms with Crippen LogP contribution in [0.1, 0.15) is 21.7 Å². The van der Waals surface area contributed by atoms with Gasteiger partial charge < -0.3 is 9.80 Å². The van der Waals surface area contributed by atoms with Crippen molar-refractivity contribution in [2.75, 3.05) is 38.1 Å². The third-order valence-electron chi connectivity index (χ3n) is 6.06. The summed E-state index contributed by atoms with van der Waals surface area (Å²) in [7, 11) is 4.01. The first kappa shape index (κ1) is 21.2. The smallest absolute Gasteiger partial charge is 0.169 e. The van der Waals surface area contributed by atoms with Crippen LogP contribution in [0.25, 0.3) is 22.2 Å². The fourth-order valence-electron chi connectivity index (χ4n) is 4.15. The third kappa shape index (κ3) is 4.61. The summed E-state index contributed by atoms with van der Waals surface area (Å²) in [6.07, 6.45) is 5.73. The van der Waals surface area contributed by atoms with Gasteiger partial charge in [-0.3, -0.25) is 14.5 Å². The Hall–Kier alpha value is -3.65. The van der Waals surface area contributed by atoms with E-state index in [2.05, 4.69) is 31.9 Å². The summed E-state index contributed by atoms with van der Waals surface area (Å²) in [5.41, 5.74) is 4.86. The van der Waals surface area contributed by atoms with E-state index >= 15 is 0 Å². The Labute approximate surface area is 192 Å². The maximum absolute atomic E-state index is 13.2. The lowest BCUT2D eigenvalue weighted by Gasteiger charge is -2.33. The molecule has 0 bridgehead atoms. The van der Waals surface area contributed by atoms with Crippen LogP contribution in [0.15, 0.2) is 48.9 Å². The van der Waals surface area contributed by atoms with Gasteiger partial charge >= 0.3 is 0 Å². The minimum Gasteiger partial charge on any atom is -0.354 e. The predicted octanol–water partition coefficient (Wildman–Crippen LogP) is 2.91. The number of likely N-dealkylation sites (N-methyl/N-ethyl adjacent to an activating group) is 1. The Morgan fingerprint density at radius 1 is 1.00 bits per heavy atom. The van der Waals surface area contributed by atoms with Crippen LogP contribution in [-0.4, -0.2) is 68.6 Å². The third-order valence-corrected chi connectivity index (χ3v) is 6.06. The number of piperazine rings is 1. The van der Waals surface area contributed by atoms with Crippen molar-refractivity contribution >= 4 is 22.5 Å². The lowest BCUT2D eigenvalue weighted by Crippen LogP contribution is -2.44. The Morgan fingerprint density at radius 2 is 1.82 bits per heavy atom. The van der Waals surface area contributed by atoms with Crippen molar-refractivity contribution in [3.05, 3.63) is 65.9 Å². The molecule has 1 aliphatic heterocycles. The number of rotatable bonds is 5. The summed E-state index contributed by atoms with van der Waals surface area (Å²) >= 11 is 0. The number of ketones is 1. The fraction of sp³-hybridized carbons (Fsp3) is 0.320. The standard InChI is InChI=1S/C25H27N7O/c1-17-10-19(11-25(28-17)32-8-6-30(2)7-9-32)24(33)13-21-12-23-18(14-26-21)4-5-22(29-23)20-15-27-31(3)16-20/h4-5,10-12,14-16H,6-9,13H2,1-3H3. The van der Waals surface area contributed by atoms with Gasteiger partial charge in [-0.25, -0.2) is 9.97 Å². The van der Waals surface area contributed by atoms with Gasteiger partial charge in [-0.15, -0.1) is 0 Å². The Bertz CT molecular complexity index is 1320. The highest BCUT2D eigenvalue weighted by molar-refractivity contribution is 5.98. The van der Waals surface area contributed by atoms with E-state index in [1.165, 1.54) is 0 Å². The molecule has 1 fully saturated rings. The van der Waals surface area contributed by atoms with Gasteiger partial charge in [0.2, 0.25) is 0 Å². The van der Waals surface area contributed by atoms with Gasteiger partial charge in [0.25, 0.3) is 0 Å². The first-order valence-electron chi connectivity index (χ1n) is 11.1. The van der Waals surface area contributed by atoms with Gasteiger partial charge in [0, 0.05) is 67.8 Å². The molecular formula is C25H27N7O. The van der Waals surface area contributed by atoms with Gasteiger partial charge in [0.1, 0.15) is 5.82 Å². The van der Waals surface area contributed by atoms with E-state index in [4.69, 9.17) is 4.98 Å². The maximum atomic E-state index is 13.2. The van der Waals surface area contributed by atoms with Crippen LogP contribution in [0.3, 0.4) is 0 Å². The molecule has 5 rings (SSSR count). The average Bonchev–Trinajstić information content (AvgIpc) is 3.25. The Kier molecular flexibility index (Phi) is 5.60. The zero-order valence-electron chi connectivity index (χ0n) is 19.2. The maximum Gasteiger partial charge on any atom is 0.169 e. The number of nitrogens with zero attached hydrogens (tertiary/aromatic N) is 7. The molecule has 168 valence electrons. The van der Waals surface area contributed by atoms with Crippen LogP contribution in [0.2, 0.25) is 0 Å². The molecule has 5 heterocycles. The second-order valence-corrected chi connectivity index (χ2v) is 8.71. The van der Waals surface area contributed by atoms with Crippen LogP contribution in [-0.2, 0) is 13.5 Å². The number of pyridine rings is 3. The monoisotopic (exact) mass is 441 g/mol. The first-order valence-corrected chi connectivity index (χ1v) is 11.1. The number of hydrogen-bond acceptors (Lipinski definition) is 7. The largest absolute Gasteiger partial charge is 0.354 e. The van der Waals surface area contributed by atoms with Crippen molar-refractivity contribution in [1.29, 1.82) is 0 Å². The second-order valence-electron chi connectivity index (χ2n) is 8.71. The predicted molar refractivity (Wildman–Crippen MR) is 128 cm³/mol. The van der Waals surface area contributed by atoms with Gasteiger partial charge in [-0.05, 0) is 44.3 Å². The molecule has 0 radical (unpaired) electrons. The summed E-state index contributed by atoms with van der Waals surface area (Å²) in [6, 6.07) is 9.65. The summed E-state index contributed by atoms with van der Waals surface area (Å²) < 4.78 is 1.75. The zero-order valence-corrected chi connectivity index (χ0v) is 19.2. The molecule has 0 amide bonds. The van der Waals surface area contributed by atoms with Crippen molar-refractivity contribution in [3.8, 4) is 11.3 Å². The van der Waals surface area contributed by atoms with Crippen molar-refractivity contribution in [2.24, 2.45) is 7.05 Å². The van der Waals surface area contributed by atoms with E-state index in [-0.39, 0.29) is 12.2 Å². The van der Waals surface area contributed by atoms with Crippen LogP contribution >= 0.6 is 0 Å². The lowest BCUT2D eigenvalue weighted by atomic mass is 10.1. The average molecular weight is 442 g/mol. The number of aryl methyl sites for hydroxylation is 2.